The number of aromatic nitrogens is 1. The van der Waals surface area contributed by atoms with Crippen LogP contribution in [0, 0.1) is 5.82 Å². The van der Waals surface area contributed by atoms with Gasteiger partial charge in [-0.05, 0) is 48.0 Å². The Morgan fingerprint density at radius 3 is 2.33 bits per heavy atom. The van der Waals surface area contributed by atoms with Gasteiger partial charge in [-0.1, -0.05) is 18.2 Å². The molecule has 0 radical (unpaired) electrons. The van der Waals surface area contributed by atoms with E-state index in [1.54, 1.807) is 12.4 Å². The highest BCUT2D eigenvalue weighted by Crippen LogP contribution is 2.14. The molecule has 0 spiro atoms. The van der Waals surface area contributed by atoms with Gasteiger partial charge in [0.05, 0.1) is 0 Å². The number of halogens is 1. The lowest BCUT2D eigenvalue weighted by Gasteiger charge is -2.09. The van der Waals surface area contributed by atoms with Gasteiger partial charge in [-0.25, -0.2) is 4.39 Å². The lowest BCUT2D eigenvalue weighted by atomic mass is 10.2. The van der Waals surface area contributed by atoms with Crippen LogP contribution in [-0.2, 0) is 17.9 Å². The summed E-state index contributed by atoms with van der Waals surface area (Å²) in [6.07, 6.45) is 3.48. The normalized spacial score (nSPS) is 10.3. The number of carbonyl (C=O) groups excluding carboxylic acids is 1. The van der Waals surface area contributed by atoms with Gasteiger partial charge in [0.25, 0.3) is 5.91 Å². The van der Waals surface area contributed by atoms with Crippen molar-refractivity contribution in [1.29, 1.82) is 0 Å². The van der Waals surface area contributed by atoms with Crippen molar-refractivity contribution in [3.8, 4) is 11.5 Å². The number of carbonyl (C=O) groups is 1. The van der Waals surface area contributed by atoms with E-state index in [1.165, 1.54) is 24.3 Å². The van der Waals surface area contributed by atoms with Crippen LogP contribution < -0.4 is 14.8 Å². The molecule has 0 saturated carbocycles. The lowest BCUT2D eigenvalue weighted by molar-refractivity contribution is -0.123. The topological polar surface area (TPSA) is 60.5 Å². The Hall–Kier alpha value is -3.41. The second-order valence-corrected chi connectivity index (χ2v) is 5.81. The second-order valence-electron chi connectivity index (χ2n) is 5.81. The molecule has 1 amide bonds. The third kappa shape index (κ3) is 6.11. The van der Waals surface area contributed by atoms with Gasteiger partial charge in [-0.2, -0.15) is 0 Å². The molecular formula is C21H19FN2O3. The SMILES string of the molecule is O=C(COc1ccc(F)cc1)NCc1ccc(OCc2cccnc2)cc1. The monoisotopic (exact) mass is 366 g/mol. The maximum atomic E-state index is 12.8. The van der Waals surface area contributed by atoms with Crippen molar-refractivity contribution < 1.29 is 18.7 Å². The molecule has 1 heterocycles. The summed E-state index contributed by atoms with van der Waals surface area (Å²) < 4.78 is 23.8. The molecular weight excluding hydrogens is 347 g/mol. The van der Waals surface area contributed by atoms with E-state index in [1.807, 2.05) is 36.4 Å². The van der Waals surface area contributed by atoms with Gasteiger partial charge < -0.3 is 14.8 Å². The molecule has 138 valence electrons. The first-order chi connectivity index (χ1) is 13.2. The molecule has 1 N–H and O–H groups in total. The first-order valence-electron chi connectivity index (χ1n) is 8.45. The van der Waals surface area contributed by atoms with Crippen molar-refractivity contribution in [2.75, 3.05) is 6.61 Å². The van der Waals surface area contributed by atoms with E-state index in [0.29, 0.717) is 18.9 Å². The number of ether oxygens (including phenoxy) is 2. The van der Waals surface area contributed by atoms with E-state index >= 15 is 0 Å². The highest BCUT2D eigenvalue weighted by Gasteiger charge is 2.04. The predicted octanol–water partition coefficient (Wildman–Crippen LogP) is 3.49. The third-order valence-corrected chi connectivity index (χ3v) is 3.72. The Balaban J connectivity index is 1.40. The zero-order valence-electron chi connectivity index (χ0n) is 14.6. The van der Waals surface area contributed by atoms with Crippen molar-refractivity contribution in [3.05, 3.63) is 90.0 Å². The summed E-state index contributed by atoms with van der Waals surface area (Å²) in [7, 11) is 0. The molecule has 0 aliphatic heterocycles. The van der Waals surface area contributed by atoms with Crippen molar-refractivity contribution >= 4 is 5.91 Å². The van der Waals surface area contributed by atoms with Crippen LogP contribution in [0.4, 0.5) is 4.39 Å². The number of hydrogen-bond donors (Lipinski definition) is 1. The van der Waals surface area contributed by atoms with Crippen LogP contribution >= 0.6 is 0 Å². The van der Waals surface area contributed by atoms with Gasteiger partial charge >= 0.3 is 0 Å². The quantitative estimate of drug-likeness (QED) is 0.663. The minimum Gasteiger partial charge on any atom is -0.489 e. The van der Waals surface area contributed by atoms with Crippen LogP contribution in [0.2, 0.25) is 0 Å². The van der Waals surface area contributed by atoms with Crippen LogP contribution in [0.3, 0.4) is 0 Å². The van der Waals surface area contributed by atoms with Crippen molar-refractivity contribution in [3.63, 3.8) is 0 Å². The zero-order valence-corrected chi connectivity index (χ0v) is 14.6. The average molecular weight is 366 g/mol. The van der Waals surface area contributed by atoms with E-state index < -0.39 is 0 Å². The van der Waals surface area contributed by atoms with E-state index in [2.05, 4.69) is 10.3 Å². The van der Waals surface area contributed by atoms with Crippen molar-refractivity contribution in [2.45, 2.75) is 13.2 Å². The third-order valence-electron chi connectivity index (χ3n) is 3.72. The molecule has 0 atom stereocenters. The molecule has 3 aromatic rings. The van der Waals surface area contributed by atoms with Gasteiger partial charge in [-0.15, -0.1) is 0 Å². The highest BCUT2D eigenvalue weighted by molar-refractivity contribution is 5.77. The van der Waals surface area contributed by atoms with Crippen LogP contribution in [0.1, 0.15) is 11.1 Å². The Bertz CT molecular complexity index is 853. The molecule has 3 rings (SSSR count). The molecule has 0 aliphatic rings. The first kappa shape index (κ1) is 18.4. The maximum absolute atomic E-state index is 12.8. The second kappa shape index (κ2) is 9.33. The molecule has 1 aromatic heterocycles. The minimum absolute atomic E-state index is 0.127. The van der Waals surface area contributed by atoms with Crippen molar-refractivity contribution in [1.82, 2.24) is 10.3 Å². The number of pyridine rings is 1. The van der Waals surface area contributed by atoms with Crippen LogP contribution in [0.25, 0.3) is 0 Å². The molecule has 0 bridgehead atoms. The Labute approximate surface area is 156 Å². The summed E-state index contributed by atoms with van der Waals surface area (Å²) in [5, 5.41) is 2.77. The molecule has 5 nitrogen and oxygen atoms in total. The van der Waals surface area contributed by atoms with Crippen molar-refractivity contribution in [2.24, 2.45) is 0 Å². The summed E-state index contributed by atoms with van der Waals surface area (Å²) >= 11 is 0. The van der Waals surface area contributed by atoms with Crippen LogP contribution in [-0.4, -0.2) is 17.5 Å². The number of amides is 1. The van der Waals surface area contributed by atoms with Crippen LogP contribution in [0.5, 0.6) is 11.5 Å². The molecule has 0 aliphatic carbocycles. The van der Waals surface area contributed by atoms with E-state index in [9.17, 15) is 9.18 Å². The number of rotatable bonds is 8. The maximum Gasteiger partial charge on any atom is 0.258 e. The molecule has 0 saturated heterocycles. The average Bonchev–Trinajstić information content (AvgIpc) is 2.72. The van der Waals surface area contributed by atoms with Gasteiger partial charge in [0, 0.05) is 24.5 Å². The molecule has 2 aromatic carbocycles. The summed E-state index contributed by atoms with van der Waals surface area (Å²) in [4.78, 5) is 15.9. The van der Waals surface area contributed by atoms with Gasteiger partial charge in [0.1, 0.15) is 23.9 Å². The Kier molecular flexibility index (Phi) is 6.35. The van der Waals surface area contributed by atoms with Gasteiger partial charge in [-0.3, -0.25) is 9.78 Å². The smallest absolute Gasteiger partial charge is 0.258 e. The summed E-state index contributed by atoms with van der Waals surface area (Å²) in [6, 6.07) is 16.8. The van der Waals surface area contributed by atoms with E-state index in [0.717, 1.165) is 16.9 Å². The largest absolute Gasteiger partial charge is 0.489 e. The van der Waals surface area contributed by atoms with E-state index in [4.69, 9.17) is 9.47 Å². The highest BCUT2D eigenvalue weighted by atomic mass is 19.1. The summed E-state index contributed by atoms with van der Waals surface area (Å²) in [6.45, 7) is 0.705. The number of benzene rings is 2. The standard InChI is InChI=1S/C21H19FN2O3/c22-18-5-9-20(10-6-18)27-15-21(25)24-13-16-3-7-19(8-4-16)26-14-17-2-1-11-23-12-17/h1-12H,13-15H2,(H,24,25). The first-order valence-corrected chi connectivity index (χ1v) is 8.45. The van der Waals surface area contributed by atoms with Gasteiger partial charge in [0.15, 0.2) is 6.61 Å². The fourth-order valence-corrected chi connectivity index (χ4v) is 2.29. The number of hydrogen-bond acceptors (Lipinski definition) is 4. The fraction of sp³-hybridized carbons (Fsp3) is 0.143. The Morgan fingerprint density at radius 1 is 0.926 bits per heavy atom. The van der Waals surface area contributed by atoms with Crippen LogP contribution in [0.15, 0.2) is 73.1 Å². The number of nitrogens with zero attached hydrogens (tertiary/aromatic N) is 1. The molecule has 0 fully saturated rings. The zero-order chi connectivity index (χ0) is 18.9. The fourth-order valence-electron chi connectivity index (χ4n) is 2.29. The summed E-state index contributed by atoms with van der Waals surface area (Å²) in [5.74, 6) is 0.589. The molecule has 27 heavy (non-hydrogen) atoms. The predicted molar refractivity (Wildman–Crippen MR) is 98.8 cm³/mol. The molecule has 6 heteroatoms. The summed E-state index contributed by atoms with van der Waals surface area (Å²) in [5.41, 5.74) is 1.94. The number of nitrogens with one attached hydrogen (secondary N) is 1. The van der Waals surface area contributed by atoms with Gasteiger partial charge in [0.2, 0.25) is 0 Å². The van der Waals surface area contributed by atoms with E-state index in [-0.39, 0.29) is 18.3 Å². The Morgan fingerprint density at radius 2 is 1.63 bits per heavy atom. The minimum atomic E-state index is -0.348. The lowest BCUT2D eigenvalue weighted by Crippen LogP contribution is -2.28. The molecule has 0 unspecified atom stereocenters.